The van der Waals surface area contributed by atoms with E-state index in [1.807, 2.05) is 0 Å². The fourth-order valence-electron chi connectivity index (χ4n) is 0.785. The molecule has 1 saturated heterocycles. The average molecular weight is 216 g/mol. The van der Waals surface area contributed by atoms with Crippen LogP contribution in [0.5, 0.6) is 0 Å². The molecule has 1 aliphatic rings. The Labute approximate surface area is 66.5 Å². The molecule has 0 bridgehead atoms. The van der Waals surface area contributed by atoms with Crippen LogP contribution in [0.2, 0.25) is 0 Å². The Morgan fingerprint density at radius 2 is 2.33 bits per heavy atom. The third kappa shape index (κ3) is 2.01. The molecule has 1 heterocycles. The number of carbonyl (C=O) groups excluding carboxylic acids is 1. The largest absolute Gasteiger partial charge is 0.273 e. The molecule has 0 saturated carbocycles. The molecule has 0 spiro atoms. The molecule has 1 fully saturated rings. The Balaban J connectivity index is 0.000000640. The predicted molar refractivity (Wildman–Crippen MR) is 28.3 cm³/mol. The SMILES string of the molecule is NNN1CCCC1=O.[Ru]. The van der Waals surface area contributed by atoms with Gasteiger partial charge in [-0.15, -0.1) is 0 Å². The number of hydrogen-bond donors (Lipinski definition) is 2. The van der Waals surface area contributed by atoms with Crippen molar-refractivity contribution in [3.05, 3.63) is 0 Å². The number of carbonyl (C=O) groups is 1. The first-order chi connectivity index (χ1) is 3.84. The normalized spacial score (nSPS) is 17.9. The Morgan fingerprint density at radius 1 is 1.67 bits per heavy atom. The van der Waals surface area contributed by atoms with Crippen LogP contribution in [0.1, 0.15) is 12.8 Å². The van der Waals surface area contributed by atoms with Gasteiger partial charge in [0, 0.05) is 32.4 Å². The molecule has 0 unspecified atom stereocenters. The summed E-state index contributed by atoms with van der Waals surface area (Å²) in [6, 6.07) is 0. The van der Waals surface area contributed by atoms with E-state index in [9.17, 15) is 4.79 Å². The van der Waals surface area contributed by atoms with E-state index in [2.05, 4.69) is 5.53 Å². The van der Waals surface area contributed by atoms with E-state index < -0.39 is 0 Å². The maximum atomic E-state index is 10.6. The quantitative estimate of drug-likeness (QED) is 0.335. The van der Waals surface area contributed by atoms with Crippen molar-refractivity contribution in [2.75, 3.05) is 6.54 Å². The summed E-state index contributed by atoms with van der Waals surface area (Å²) in [5.41, 5.74) is 2.30. The molecular weight excluding hydrogens is 207 g/mol. The first-order valence-electron chi connectivity index (χ1n) is 2.61. The molecule has 3 N–H and O–H groups in total. The molecule has 0 aromatic rings. The molecule has 0 atom stereocenters. The summed E-state index contributed by atoms with van der Waals surface area (Å²) in [7, 11) is 0. The van der Waals surface area contributed by atoms with Gasteiger partial charge in [0.05, 0.1) is 0 Å². The van der Waals surface area contributed by atoms with Crippen LogP contribution in [0.25, 0.3) is 0 Å². The van der Waals surface area contributed by atoms with Crippen molar-refractivity contribution in [2.24, 2.45) is 5.84 Å². The summed E-state index contributed by atoms with van der Waals surface area (Å²) in [5, 5.41) is 1.42. The summed E-state index contributed by atoms with van der Waals surface area (Å²) >= 11 is 0. The molecule has 54 valence electrons. The van der Waals surface area contributed by atoms with E-state index in [-0.39, 0.29) is 25.4 Å². The van der Waals surface area contributed by atoms with E-state index in [4.69, 9.17) is 5.84 Å². The zero-order valence-corrected chi connectivity index (χ0v) is 6.65. The number of hydrazine groups is 2. The van der Waals surface area contributed by atoms with E-state index in [0.717, 1.165) is 13.0 Å². The predicted octanol–water partition coefficient (Wildman–Crippen LogP) is -1.02. The smallest absolute Gasteiger partial charge is 0.237 e. The summed E-state index contributed by atoms with van der Waals surface area (Å²) in [4.78, 5) is 10.6. The van der Waals surface area contributed by atoms with Crippen molar-refractivity contribution in [2.45, 2.75) is 12.8 Å². The minimum Gasteiger partial charge on any atom is -0.273 e. The van der Waals surface area contributed by atoms with Gasteiger partial charge in [-0.25, -0.2) is 0 Å². The molecule has 4 nitrogen and oxygen atoms in total. The van der Waals surface area contributed by atoms with Gasteiger partial charge in [-0.05, 0) is 6.42 Å². The van der Waals surface area contributed by atoms with Gasteiger partial charge in [-0.2, -0.15) is 5.53 Å². The number of amides is 1. The first-order valence-corrected chi connectivity index (χ1v) is 2.61. The maximum Gasteiger partial charge on any atom is 0.237 e. The molecule has 9 heavy (non-hydrogen) atoms. The first kappa shape index (κ1) is 9.01. The monoisotopic (exact) mass is 217 g/mol. The van der Waals surface area contributed by atoms with Crippen molar-refractivity contribution in [3.63, 3.8) is 0 Å². The molecule has 0 radical (unpaired) electrons. The third-order valence-electron chi connectivity index (χ3n) is 1.23. The van der Waals surface area contributed by atoms with Crippen molar-refractivity contribution in [1.82, 2.24) is 10.5 Å². The van der Waals surface area contributed by atoms with Gasteiger partial charge in [0.25, 0.3) is 0 Å². The van der Waals surface area contributed by atoms with Crippen LogP contribution < -0.4 is 11.4 Å². The van der Waals surface area contributed by atoms with E-state index >= 15 is 0 Å². The van der Waals surface area contributed by atoms with E-state index in [0.29, 0.717) is 6.42 Å². The Morgan fingerprint density at radius 3 is 2.56 bits per heavy atom. The molecule has 5 heteroatoms. The number of rotatable bonds is 1. The van der Waals surface area contributed by atoms with Crippen LogP contribution in [0.4, 0.5) is 0 Å². The maximum absolute atomic E-state index is 10.6. The topological polar surface area (TPSA) is 58.4 Å². The number of nitrogens with zero attached hydrogens (tertiary/aromatic N) is 1. The summed E-state index contributed by atoms with van der Waals surface area (Å²) in [6.45, 7) is 0.745. The van der Waals surface area contributed by atoms with E-state index in [1.165, 1.54) is 5.01 Å². The van der Waals surface area contributed by atoms with Gasteiger partial charge in [-0.1, -0.05) is 0 Å². The van der Waals surface area contributed by atoms with Crippen molar-refractivity contribution < 1.29 is 24.3 Å². The molecule has 0 aromatic heterocycles. The fourth-order valence-corrected chi connectivity index (χ4v) is 0.785. The summed E-state index contributed by atoms with van der Waals surface area (Å²) in [6.07, 6.45) is 1.55. The van der Waals surface area contributed by atoms with Crippen molar-refractivity contribution >= 4 is 5.91 Å². The van der Waals surface area contributed by atoms with Gasteiger partial charge >= 0.3 is 0 Å². The molecule has 1 aliphatic heterocycles. The molecule has 0 aromatic carbocycles. The Bertz CT molecular complexity index is 108. The van der Waals surface area contributed by atoms with Crippen LogP contribution in [-0.2, 0) is 24.3 Å². The van der Waals surface area contributed by atoms with Crippen LogP contribution >= 0.6 is 0 Å². The molecule has 1 rings (SSSR count). The van der Waals surface area contributed by atoms with Crippen molar-refractivity contribution in [1.29, 1.82) is 0 Å². The Hall–Kier alpha value is 0.0134. The standard InChI is InChI=1S/C4H9N3O.Ru/c5-6-7-3-1-2-4(7)8;/h6H,1-3,5H2;. The van der Waals surface area contributed by atoms with Crippen LogP contribution in [0.15, 0.2) is 0 Å². The van der Waals surface area contributed by atoms with Gasteiger partial charge in [0.2, 0.25) is 5.91 Å². The van der Waals surface area contributed by atoms with Crippen LogP contribution in [0, 0.1) is 0 Å². The zero-order valence-electron chi connectivity index (χ0n) is 4.91. The molecule has 0 aliphatic carbocycles. The Kier molecular flexibility index (Phi) is 3.94. The second kappa shape index (κ2) is 3.93. The zero-order chi connectivity index (χ0) is 5.98. The minimum absolute atomic E-state index is 0. The van der Waals surface area contributed by atoms with Crippen LogP contribution in [0.3, 0.4) is 0 Å². The van der Waals surface area contributed by atoms with Gasteiger partial charge in [0.1, 0.15) is 0 Å². The van der Waals surface area contributed by atoms with Crippen LogP contribution in [-0.4, -0.2) is 17.5 Å². The van der Waals surface area contributed by atoms with E-state index in [1.54, 1.807) is 0 Å². The second-order valence-corrected chi connectivity index (χ2v) is 1.78. The number of hydrogen-bond acceptors (Lipinski definition) is 3. The minimum atomic E-state index is 0. The molecule has 1 amide bonds. The fraction of sp³-hybridized carbons (Fsp3) is 0.750. The third-order valence-corrected chi connectivity index (χ3v) is 1.23. The summed E-state index contributed by atoms with van der Waals surface area (Å²) in [5.74, 6) is 5.07. The van der Waals surface area contributed by atoms with Gasteiger partial charge < -0.3 is 0 Å². The molecular formula is C4H9N3ORu. The van der Waals surface area contributed by atoms with Gasteiger partial charge in [0.15, 0.2) is 0 Å². The average Bonchev–Trinajstić information content (AvgIpc) is 2.14. The second-order valence-electron chi connectivity index (χ2n) is 1.78. The van der Waals surface area contributed by atoms with Gasteiger partial charge in [-0.3, -0.25) is 15.6 Å². The summed E-state index contributed by atoms with van der Waals surface area (Å²) < 4.78 is 0. The number of nitrogens with one attached hydrogen (secondary N) is 1. The number of nitrogens with two attached hydrogens (primary N) is 1. The van der Waals surface area contributed by atoms with Crippen molar-refractivity contribution in [3.8, 4) is 0 Å².